The molecule has 0 spiro atoms. The summed E-state index contributed by atoms with van der Waals surface area (Å²) >= 11 is 12.9. The number of nitrogens with one attached hydrogen (secondary N) is 1. The summed E-state index contributed by atoms with van der Waals surface area (Å²) in [5, 5.41) is 3.86. The third-order valence-corrected chi connectivity index (χ3v) is 7.21. The van der Waals surface area contributed by atoms with Gasteiger partial charge in [-0.15, -0.1) is 0 Å². The highest BCUT2D eigenvalue weighted by Crippen LogP contribution is 2.41. The molecule has 1 aliphatic rings. The second-order valence-electron chi connectivity index (χ2n) is 10.4. The third kappa shape index (κ3) is 7.51. The highest BCUT2D eigenvalue weighted by Gasteiger charge is 2.27. The lowest BCUT2D eigenvalue weighted by molar-refractivity contribution is 0.0240. The van der Waals surface area contributed by atoms with Gasteiger partial charge in [-0.3, -0.25) is 0 Å². The first kappa shape index (κ1) is 31.1. The molecule has 226 valence electrons. The van der Waals surface area contributed by atoms with E-state index in [1.165, 1.54) is 14.2 Å². The van der Waals surface area contributed by atoms with Gasteiger partial charge in [-0.1, -0.05) is 23.2 Å². The molecule has 13 heteroatoms. The Morgan fingerprint density at radius 3 is 2.05 bits per heavy atom. The molecule has 42 heavy (non-hydrogen) atoms. The molecule has 2 aromatic carbocycles. The van der Waals surface area contributed by atoms with Crippen molar-refractivity contribution >= 4 is 46.6 Å². The highest BCUT2D eigenvalue weighted by molar-refractivity contribution is 6.37. The number of halogens is 2. The maximum absolute atomic E-state index is 12.4. The number of ether oxygens (including phenoxy) is 5. The van der Waals surface area contributed by atoms with Crippen LogP contribution in [-0.4, -0.2) is 74.1 Å². The van der Waals surface area contributed by atoms with Gasteiger partial charge in [-0.2, -0.15) is 0 Å². The quantitative estimate of drug-likeness (QED) is 0.298. The molecule has 1 aliphatic heterocycles. The van der Waals surface area contributed by atoms with E-state index in [4.69, 9.17) is 46.9 Å². The zero-order chi connectivity index (χ0) is 30.4. The summed E-state index contributed by atoms with van der Waals surface area (Å²) in [5.74, 6) is 2.34. The van der Waals surface area contributed by atoms with Crippen LogP contribution in [0.4, 0.5) is 22.1 Å². The molecule has 1 N–H and O–H groups in total. The highest BCUT2D eigenvalue weighted by atomic mass is 35.5. The minimum atomic E-state index is -0.522. The zero-order valence-corrected chi connectivity index (χ0v) is 26.0. The molecule has 0 atom stereocenters. The number of carbonyl (C=O) groups is 1. The second-order valence-corrected chi connectivity index (χ2v) is 11.1. The van der Waals surface area contributed by atoms with Gasteiger partial charge in [0.15, 0.2) is 5.75 Å². The Kier molecular flexibility index (Phi) is 9.95. The van der Waals surface area contributed by atoms with Gasteiger partial charge in [0.25, 0.3) is 0 Å². The zero-order valence-electron chi connectivity index (χ0n) is 24.5. The minimum absolute atomic E-state index is 0.0616. The van der Waals surface area contributed by atoms with Crippen LogP contribution in [0.15, 0.2) is 36.7 Å². The number of carbonyl (C=O) groups excluding carboxylic acids is 1. The molecule has 1 amide bonds. The lowest BCUT2D eigenvalue weighted by Gasteiger charge is -2.37. The van der Waals surface area contributed by atoms with E-state index in [1.807, 2.05) is 39.0 Å². The average Bonchev–Trinajstić information content (AvgIpc) is 2.97. The van der Waals surface area contributed by atoms with E-state index in [9.17, 15) is 4.79 Å². The largest absolute Gasteiger partial charge is 0.495 e. The SMILES string of the molecule is COc1cc(Nc2ncc(OCc3c(Cl)c(OC)cc(OC)c3Cl)cn2)ccc1N1CCN(C(=O)OC(C)(C)C)CC1. The van der Waals surface area contributed by atoms with Crippen LogP contribution in [0, 0.1) is 0 Å². The Bertz CT molecular complexity index is 1360. The Balaban J connectivity index is 1.37. The first-order valence-corrected chi connectivity index (χ1v) is 14.0. The molecule has 0 radical (unpaired) electrons. The summed E-state index contributed by atoms with van der Waals surface area (Å²) in [6.07, 6.45) is 2.80. The number of methoxy groups -OCH3 is 3. The summed E-state index contributed by atoms with van der Waals surface area (Å²) in [4.78, 5) is 25.0. The predicted molar refractivity (Wildman–Crippen MR) is 162 cm³/mol. The van der Waals surface area contributed by atoms with Crippen molar-refractivity contribution in [1.82, 2.24) is 14.9 Å². The van der Waals surface area contributed by atoms with Gasteiger partial charge in [0.1, 0.15) is 29.5 Å². The standard InChI is InChI=1S/C29H35Cl2N5O6/c1-29(2,3)42-28(37)36-11-9-35(10-12-36)21-8-7-18(13-22(21)38-4)34-27-32-15-19(16-33-27)41-17-20-25(30)23(39-5)14-24(40-6)26(20)31/h7-8,13-16H,9-12,17H2,1-6H3,(H,32,33,34). The summed E-state index contributed by atoms with van der Waals surface area (Å²) in [6.45, 7) is 8.09. The number of amides is 1. The topological polar surface area (TPSA) is 108 Å². The van der Waals surface area contributed by atoms with Gasteiger partial charge in [-0.05, 0) is 32.9 Å². The first-order chi connectivity index (χ1) is 20.0. The molecular formula is C29H35Cl2N5O6. The lowest BCUT2D eigenvalue weighted by atomic mass is 10.2. The number of benzene rings is 2. The number of rotatable bonds is 9. The van der Waals surface area contributed by atoms with Crippen molar-refractivity contribution in [3.63, 3.8) is 0 Å². The molecule has 4 rings (SSSR count). The molecule has 3 aromatic rings. The Morgan fingerprint density at radius 1 is 0.905 bits per heavy atom. The maximum Gasteiger partial charge on any atom is 0.410 e. The maximum atomic E-state index is 12.4. The van der Waals surface area contributed by atoms with Gasteiger partial charge >= 0.3 is 6.09 Å². The van der Waals surface area contributed by atoms with Gasteiger partial charge in [0.05, 0.1) is 49.5 Å². The number of anilines is 3. The minimum Gasteiger partial charge on any atom is -0.495 e. The van der Waals surface area contributed by atoms with Crippen molar-refractivity contribution < 1.29 is 28.5 Å². The number of piperazine rings is 1. The molecular weight excluding hydrogens is 585 g/mol. The second kappa shape index (κ2) is 13.4. The van der Waals surface area contributed by atoms with Gasteiger partial charge < -0.3 is 38.8 Å². The van der Waals surface area contributed by atoms with Crippen LogP contribution < -0.4 is 29.2 Å². The van der Waals surface area contributed by atoms with Crippen molar-refractivity contribution in [2.75, 3.05) is 57.7 Å². The first-order valence-electron chi connectivity index (χ1n) is 13.2. The van der Waals surface area contributed by atoms with Crippen LogP contribution in [0.2, 0.25) is 10.0 Å². The number of nitrogens with zero attached hydrogens (tertiary/aromatic N) is 4. The van der Waals surface area contributed by atoms with Crippen molar-refractivity contribution in [1.29, 1.82) is 0 Å². The van der Waals surface area contributed by atoms with Gasteiger partial charge in [-0.25, -0.2) is 14.8 Å². The number of hydrogen-bond donors (Lipinski definition) is 1. The van der Waals surface area contributed by atoms with Crippen LogP contribution in [-0.2, 0) is 11.3 Å². The normalized spacial score (nSPS) is 13.4. The van der Waals surface area contributed by atoms with E-state index in [-0.39, 0.29) is 12.7 Å². The monoisotopic (exact) mass is 619 g/mol. The summed E-state index contributed by atoms with van der Waals surface area (Å²) in [7, 11) is 4.65. The fourth-order valence-electron chi connectivity index (χ4n) is 4.28. The van der Waals surface area contributed by atoms with E-state index in [1.54, 1.807) is 30.5 Å². The molecule has 0 bridgehead atoms. The molecule has 1 aromatic heterocycles. The third-order valence-electron chi connectivity index (χ3n) is 6.38. The van der Waals surface area contributed by atoms with Crippen molar-refractivity contribution in [3.8, 4) is 23.0 Å². The number of hydrogen-bond acceptors (Lipinski definition) is 10. The molecule has 0 aliphatic carbocycles. The van der Waals surface area contributed by atoms with E-state index >= 15 is 0 Å². The van der Waals surface area contributed by atoms with Crippen LogP contribution >= 0.6 is 23.2 Å². The smallest absolute Gasteiger partial charge is 0.410 e. The van der Waals surface area contributed by atoms with E-state index in [0.29, 0.717) is 70.7 Å². The van der Waals surface area contributed by atoms with Crippen LogP contribution in [0.5, 0.6) is 23.0 Å². The Labute approximate surface area is 255 Å². The number of aromatic nitrogens is 2. The fraction of sp³-hybridized carbons (Fsp3) is 0.414. The molecule has 1 fully saturated rings. The van der Waals surface area contributed by atoms with Crippen LogP contribution in [0.3, 0.4) is 0 Å². The van der Waals surface area contributed by atoms with Crippen molar-refractivity contribution in [3.05, 3.63) is 52.3 Å². The summed E-state index contributed by atoms with van der Waals surface area (Å²) in [5.41, 5.74) is 1.68. The van der Waals surface area contributed by atoms with Crippen LogP contribution in [0.1, 0.15) is 26.3 Å². The van der Waals surface area contributed by atoms with Crippen molar-refractivity contribution in [2.24, 2.45) is 0 Å². The lowest BCUT2D eigenvalue weighted by Crippen LogP contribution is -2.50. The Hall–Kier alpha value is -3.83. The van der Waals surface area contributed by atoms with E-state index in [0.717, 1.165) is 11.4 Å². The van der Waals surface area contributed by atoms with E-state index in [2.05, 4.69) is 20.2 Å². The fourth-order valence-corrected chi connectivity index (χ4v) is 4.89. The summed E-state index contributed by atoms with van der Waals surface area (Å²) < 4.78 is 27.6. The molecule has 11 nitrogen and oxygen atoms in total. The molecule has 2 heterocycles. The van der Waals surface area contributed by atoms with Gasteiger partial charge in [0.2, 0.25) is 5.95 Å². The molecule has 1 saturated heterocycles. The summed E-state index contributed by atoms with van der Waals surface area (Å²) in [6, 6.07) is 7.39. The average molecular weight is 621 g/mol. The predicted octanol–water partition coefficient (Wildman–Crippen LogP) is 6.19. The molecule has 0 saturated carbocycles. The van der Waals surface area contributed by atoms with Crippen LogP contribution in [0.25, 0.3) is 0 Å². The Morgan fingerprint density at radius 2 is 1.50 bits per heavy atom. The van der Waals surface area contributed by atoms with Gasteiger partial charge in [0, 0.05) is 49.6 Å². The van der Waals surface area contributed by atoms with Crippen molar-refractivity contribution in [2.45, 2.75) is 33.0 Å². The molecule has 0 unspecified atom stereocenters. The van der Waals surface area contributed by atoms with E-state index < -0.39 is 5.60 Å².